The van der Waals surface area contributed by atoms with Gasteiger partial charge in [0, 0.05) is 29.1 Å². The predicted molar refractivity (Wildman–Crippen MR) is 141 cm³/mol. The molecule has 0 fully saturated rings. The fourth-order valence-corrected chi connectivity index (χ4v) is 4.39. The van der Waals surface area contributed by atoms with Crippen molar-refractivity contribution in [2.24, 2.45) is 0 Å². The van der Waals surface area contributed by atoms with E-state index in [0.717, 1.165) is 11.1 Å². The van der Waals surface area contributed by atoms with Crippen molar-refractivity contribution >= 4 is 35.0 Å². The Morgan fingerprint density at radius 2 is 1.54 bits per heavy atom. The molecule has 0 aliphatic carbocycles. The molecule has 0 radical (unpaired) electrons. The van der Waals surface area contributed by atoms with Crippen molar-refractivity contribution in [2.75, 3.05) is 7.11 Å². The maximum atomic E-state index is 13.8. The summed E-state index contributed by atoms with van der Waals surface area (Å²) in [6, 6.07) is 21.5. The van der Waals surface area contributed by atoms with Crippen LogP contribution in [0.3, 0.4) is 0 Å². The summed E-state index contributed by atoms with van der Waals surface area (Å²) in [5.74, 6) is 0.211. The van der Waals surface area contributed by atoms with Gasteiger partial charge in [0.2, 0.25) is 11.8 Å². The molecule has 3 aromatic rings. The van der Waals surface area contributed by atoms with E-state index in [-0.39, 0.29) is 30.8 Å². The molecule has 35 heavy (non-hydrogen) atoms. The molecule has 184 valence electrons. The molecular formula is C28H30Cl2N2O3. The number of hydrogen-bond acceptors (Lipinski definition) is 3. The van der Waals surface area contributed by atoms with Gasteiger partial charge in [-0.05, 0) is 54.8 Å². The summed E-state index contributed by atoms with van der Waals surface area (Å²) in [7, 11) is 1.59. The number of carbonyl (C=O) groups is 2. The Hall–Kier alpha value is -3.02. The second-order valence-corrected chi connectivity index (χ2v) is 9.43. The third-order valence-electron chi connectivity index (χ3n) is 5.58. The summed E-state index contributed by atoms with van der Waals surface area (Å²) in [6.07, 6.45) is 0.341. The number of benzene rings is 3. The molecule has 0 saturated carbocycles. The molecule has 1 atom stereocenters. The van der Waals surface area contributed by atoms with Gasteiger partial charge in [0.25, 0.3) is 0 Å². The highest BCUT2D eigenvalue weighted by molar-refractivity contribution is 6.36. The van der Waals surface area contributed by atoms with Crippen LogP contribution in [-0.4, -0.2) is 35.9 Å². The molecule has 1 unspecified atom stereocenters. The summed E-state index contributed by atoms with van der Waals surface area (Å²) in [5.41, 5.74) is 2.34. The van der Waals surface area contributed by atoms with Crippen molar-refractivity contribution < 1.29 is 14.3 Å². The van der Waals surface area contributed by atoms with Crippen LogP contribution in [0.2, 0.25) is 10.0 Å². The van der Waals surface area contributed by atoms with Gasteiger partial charge in [-0.25, -0.2) is 0 Å². The lowest BCUT2D eigenvalue weighted by Gasteiger charge is -2.32. The Morgan fingerprint density at radius 3 is 2.17 bits per heavy atom. The van der Waals surface area contributed by atoms with Crippen LogP contribution in [0.15, 0.2) is 72.8 Å². The molecule has 0 heterocycles. The standard InChI is InChI=1S/C28H30Cl2N2O3/c1-19(2)31-28(34)26(16-20-9-5-4-6-10-20)32(18-21-11-7-12-22(15-21)35-3)27(33)17-23-24(29)13-8-14-25(23)30/h4-15,19,26H,16-18H2,1-3H3,(H,31,34). The molecule has 7 heteroatoms. The molecule has 0 spiro atoms. The highest BCUT2D eigenvalue weighted by Gasteiger charge is 2.31. The Labute approximate surface area is 217 Å². The largest absolute Gasteiger partial charge is 0.497 e. The van der Waals surface area contributed by atoms with Crippen LogP contribution in [0.4, 0.5) is 0 Å². The first-order chi connectivity index (χ1) is 16.8. The van der Waals surface area contributed by atoms with Crippen molar-refractivity contribution in [3.05, 3.63) is 99.5 Å². The molecular weight excluding hydrogens is 483 g/mol. The molecule has 2 amide bonds. The Kier molecular flexibility index (Phi) is 9.58. The summed E-state index contributed by atoms with van der Waals surface area (Å²) in [6.45, 7) is 4.02. The number of nitrogens with zero attached hydrogens (tertiary/aromatic N) is 1. The van der Waals surface area contributed by atoms with Gasteiger partial charge in [0.15, 0.2) is 0 Å². The van der Waals surface area contributed by atoms with E-state index in [4.69, 9.17) is 27.9 Å². The fraction of sp³-hybridized carbons (Fsp3) is 0.286. The normalized spacial score (nSPS) is 11.7. The van der Waals surface area contributed by atoms with Crippen molar-refractivity contribution in [2.45, 2.75) is 45.3 Å². The van der Waals surface area contributed by atoms with Crippen molar-refractivity contribution in [1.82, 2.24) is 10.2 Å². The lowest BCUT2D eigenvalue weighted by atomic mass is 10.0. The molecule has 0 aliphatic heterocycles. The second kappa shape index (κ2) is 12.6. The minimum atomic E-state index is -0.736. The molecule has 0 aromatic heterocycles. The van der Waals surface area contributed by atoms with Gasteiger partial charge in [-0.3, -0.25) is 9.59 Å². The zero-order chi connectivity index (χ0) is 25.4. The van der Waals surface area contributed by atoms with Gasteiger partial charge in [0.05, 0.1) is 13.5 Å². The molecule has 0 bridgehead atoms. The zero-order valence-electron chi connectivity index (χ0n) is 20.1. The Bertz CT molecular complexity index is 1130. The number of carbonyl (C=O) groups excluding carboxylic acids is 2. The quantitative estimate of drug-likeness (QED) is 0.378. The topological polar surface area (TPSA) is 58.6 Å². The third-order valence-corrected chi connectivity index (χ3v) is 6.29. The lowest BCUT2D eigenvalue weighted by Crippen LogP contribution is -2.52. The van der Waals surface area contributed by atoms with Crippen LogP contribution in [0.5, 0.6) is 5.75 Å². The third kappa shape index (κ3) is 7.48. The van der Waals surface area contributed by atoms with Gasteiger partial charge < -0.3 is 15.0 Å². The number of methoxy groups -OCH3 is 1. The van der Waals surface area contributed by atoms with Crippen LogP contribution in [-0.2, 0) is 29.0 Å². The summed E-state index contributed by atoms with van der Waals surface area (Å²) < 4.78 is 5.36. The Morgan fingerprint density at radius 1 is 0.914 bits per heavy atom. The first-order valence-electron chi connectivity index (χ1n) is 11.5. The maximum Gasteiger partial charge on any atom is 0.243 e. The number of hydrogen-bond donors (Lipinski definition) is 1. The van der Waals surface area contributed by atoms with Gasteiger partial charge in [0.1, 0.15) is 11.8 Å². The zero-order valence-corrected chi connectivity index (χ0v) is 21.6. The minimum absolute atomic E-state index is 0.0251. The highest BCUT2D eigenvalue weighted by atomic mass is 35.5. The SMILES string of the molecule is COc1cccc(CN(C(=O)Cc2c(Cl)cccc2Cl)C(Cc2ccccc2)C(=O)NC(C)C)c1. The van der Waals surface area contributed by atoms with Gasteiger partial charge in [-0.15, -0.1) is 0 Å². The smallest absolute Gasteiger partial charge is 0.243 e. The van der Waals surface area contributed by atoms with Crippen molar-refractivity contribution in [3.8, 4) is 5.75 Å². The average Bonchev–Trinajstić information content (AvgIpc) is 2.84. The Balaban J connectivity index is 2.02. The first-order valence-corrected chi connectivity index (χ1v) is 12.2. The summed E-state index contributed by atoms with van der Waals surface area (Å²) in [5, 5.41) is 3.81. The number of amides is 2. The lowest BCUT2D eigenvalue weighted by molar-refractivity contribution is -0.141. The monoisotopic (exact) mass is 512 g/mol. The van der Waals surface area contributed by atoms with Crippen LogP contribution in [0, 0.1) is 0 Å². The molecule has 5 nitrogen and oxygen atoms in total. The van der Waals surface area contributed by atoms with E-state index < -0.39 is 6.04 Å². The first kappa shape index (κ1) is 26.6. The molecule has 0 saturated heterocycles. The van der Waals surface area contributed by atoms with Crippen molar-refractivity contribution in [3.63, 3.8) is 0 Å². The van der Waals surface area contributed by atoms with E-state index in [9.17, 15) is 9.59 Å². The van der Waals surface area contributed by atoms with Crippen LogP contribution < -0.4 is 10.1 Å². The van der Waals surface area contributed by atoms with Gasteiger partial charge in [-0.1, -0.05) is 71.7 Å². The average molecular weight is 513 g/mol. The summed E-state index contributed by atoms with van der Waals surface area (Å²) in [4.78, 5) is 28.8. The maximum absolute atomic E-state index is 13.8. The fourth-order valence-electron chi connectivity index (χ4n) is 3.86. The molecule has 3 rings (SSSR count). The van der Waals surface area contributed by atoms with E-state index in [1.54, 1.807) is 30.2 Å². The second-order valence-electron chi connectivity index (χ2n) is 8.62. The molecule has 0 aliphatic rings. The van der Waals surface area contributed by atoms with E-state index in [2.05, 4.69) is 5.32 Å². The van der Waals surface area contributed by atoms with E-state index in [1.165, 1.54) is 0 Å². The number of nitrogens with one attached hydrogen (secondary N) is 1. The molecule has 3 aromatic carbocycles. The van der Waals surface area contributed by atoms with Crippen LogP contribution >= 0.6 is 23.2 Å². The molecule has 1 N–H and O–H groups in total. The number of rotatable bonds is 10. The van der Waals surface area contributed by atoms with Gasteiger partial charge in [-0.2, -0.15) is 0 Å². The summed E-state index contributed by atoms with van der Waals surface area (Å²) >= 11 is 12.7. The van der Waals surface area contributed by atoms with Crippen LogP contribution in [0.1, 0.15) is 30.5 Å². The minimum Gasteiger partial charge on any atom is -0.497 e. The van der Waals surface area contributed by atoms with Gasteiger partial charge >= 0.3 is 0 Å². The number of ether oxygens (including phenoxy) is 1. The van der Waals surface area contributed by atoms with E-state index in [1.807, 2.05) is 68.4 Å². The van der Waals surface area contributed by atoms with Crippen LogP contribution in [0.25, 0.3) is 0 Å². The van der Waals surface area contributed by atoms with E-state index in [0.29, 0.717) is 27.8 Å². The number of halogens is 2. The highest BCUT2D eigenvalue weighted by Crippen LogP contribution is 2.26. The van der Waals surface area contributed by atoms with E-state index >= 15 is 0 Å². The predicted octanol–water partition coefficient (Wildman–Crippen LogP) is 5.71. The van der Waals surface area contributed by atoms with Crippen molar-refractivity contribution in [1.29, 1.82) is 0 Å².